The SMILES string of the molecule is CN1CCCN(S(=O)(=O)c2ccc(N)c(Cl)c2)CC1. The molecule has 1 aliphatic rings. The van der Waals surface area contributed by atoms with Gasteiger partial charge in [-0.05, 0) is 38.2 Å². The number of anilines is 1. The van der Waals surface area contributed by atoms with Gasteiger partial charge in [0.2, 0.25) is 10.0 Å². The molecule has 1 aliphatic heterocycles. The lowest BCUT2D eigenvalue weighted by atomic mass is 10.3. The molecular formula is C12H18ClN3O2S. The first-order valence-corrected chi connectivity index (χ1v) is 7.97. The molecule has 2 N–H and O–H groups in total. The molecule has 1 aromatic carbocycles. The van der Waals surface area contributed by atoms with Crippen LogP contribution in [-0.2, 0) is 10.0 Å². The highest BCUT2D eigenvalue weighted by molar-refractivity contribution is 7.89. The second-order valence-electron chi connectivity index (χ2n) is 4.74. The van der Waals surface area contributed by atoms with Crippen molar-refractivity contribution in [2.45, 2.75) is 11.3 Å². The van der Waals surface area contributed by atoms with Crippen molar-refractivity contribution in [1.29, 1.82) is 0 Å². The molecule has 106 valence electrons. The lowest BCUT2D eigenvalue weighted by Gasteiger charge is -2.20. The van der Waals surface area contributed by atoms with Crippen LogP contribution in [0.2, 0.25) is 5.02 Å². The summed E-state index contributed by atoms with van der Waals surface area (Å²) < 4.78 is 26.5. The van der Waals surface area contributed by atoms with Gasteiger partial charge in [-0.2, -0.15) is 4.31 Å². The second kappa shape index (κ2) is 5.66. The lowest BCUT2D eigenvalue weighted by Crippen LogP contribution is -2.34. The van der Waals surface area contributed by atoms with Crippen molar-refractivity contribution in [1.82, 2.24) is 9.21 Å². The van der Waals surface area contributed by atoms with Gasteiger partial charge in [0.15, 0.2) is 0 Å². The molecule has 0 unspecified atom stereocenters. The van der Waals surface area contributed by atoms with Gasteiger partial charge in [0.25, 0.3) is 0 Å². The van der Waals surface area contributed by atoms with Gasteiger partial charge in [-0.25, -0.2) is 8.42 Å². The van der Waals surface area contributed by atoms with Gasteiger partial charge >= 0.3 is 0 Å². The first-order chi connectivity index (χ1) is 8.91. The van der Waals surface area contributed by atoms with E-state index in [1.807, 2.05) is 7.05 Å². The number of nitrogens with zero attached hydrogens (tertiary/aromatic N) is 2. The monoisotopic (exact) mass is 303 g/mol. The lowest BCUT2D eigenvalue weighted by molar-refractivity contribution is 0.347. The summed E-state index contributed by atoms with van der Waals surface area (Å²) in [5.74, 6) is 0. The third kappa shape index (κ3) is 3.20. The normalized spacial score (nSPS) is 19.3. The molecule has 0 amide bonds. The third-order valence-corrected chi connectivity index (χ3v) is 5.51. The molecule has 1 heterocycles. The van der Waals surface area contributed by atoms with Crippen LogP contribution in [0, 0.1) is 0 Å². The molecular weight excluding hydrogens is 286 g/mol. The molecule has 1 fully saturated rings. The van der Waals surface area contributed by atoms with Gasteiger partial charge in [0.05, 0.1) is 15.6 Å². The van der Waals surface area contributed by atoms with E-state index in [9.17, 15) is 8.42 Å². The third-order valence-electron chi connectivity index (χ3n) is 3.29. The molecule has 19 heavy (non-hydrogen) atoms. The second-order valence-corrected chi connectivity index (χ2v) is 7.09. The molecule has 0 bridgehead atoms. The Morgan fingerprint density at radius 2 is 1.95 bits per heavy atom. The topological polar surface area (TPSA) is 66.6 Å². The highest BCUT2D eigenvalue weighted by Gasteiger charge is 2.26. The summed E-state index contributed by atoms with van der Waals surface area (Å²) in [5.41, 5.74) is 5.99. The van der Waals surface area contributed by atoms with Crippen molar-refractivity contribution in [2.24, 2.45) is 0 Å². The number of rotatable bonds is 2. The number of hydrogen-bond acceptors (Lipinski definition) is 4. The Morgan fingerprint density at radius 3 is 2.63 bits per heavy atom. The summed E-state index contributed by atoms with van der Waals surface area (Å²) in [7, 11) is -1.49. The number of benzene rings is 1. The minimum atomic E-state index is -3.48. The fourth-order valence-corrected chi connectivity index (χ4v) is 3.82. The fourth-order valence-electron chi connectivity index (χ4n) is 2.08. The molecule has 0 radical (unpaired) electrons. The number of sulfonamides is 1. The Labute approximate surface area is 119 Å². The average Bonchev–Trinajstić information content (AvgIpc) is 2.57. The molecule has 0 spiro atoms. The van der Waals surface area contributed by atoms with Gasteiger partial charge in [-0.15, -0.1) is 0 Å². The summed E-state index contributed by atoms with van der Waals surface area (Å²) in [6, 6.07) is 4.45. The predicted octanol–water partition coefficient (Wildman–Crippen LogP) is 1.25. The zero-order valence-electron chi connectivity index (χ0n) is 10.8. The van der Waals surface area contributed by atoms with Crippen LogP contribution in [0.3, 0.4) is 0 Å². The van der Waals surface area contributed by atoms with Crippen LogP contribution in [-0.4, -0.2) is 50.8 Å². The van der Waals surface area contributed by atoms with Crippen molar-refractivity contribution >= 4 is 27.3 Å². The van der Waals surface area contributed by atoms with E-state index < -0.39 is 10.0 Å². The Bertz CT molecular complexity index is 562. The zero-order valence-corrected chi connectivity index (χ0v) is 12.4. The van der Waals surface area contributed by atoms with E-state index in [0.29, 0.717) is 18.8 Å². The molecule has 2 rings (SSSR count). The minimum absolute atomic E-state index is 0.205. The van der Waals surface area contributed by atoms with Gasteiger partial charge in [-0.1, -0.05) is 11.6 Å². The maximum absolute atomic E-state index is 12.5. The van der Waals surface area contributed by atoms with E-state index in [4.69, 9.17) is 17.3 Å². The maximum atomic E-state index is 12.5. The largest absolute Gasteiger partial charge is 0.398 e. The molecule has 0 aliphatic carbocycles. The highest BCUT2D eigenvalue weighted by Crippen LogP contribution is 2.25. The van der Waals surface area contributed by atoms with E-state index in [1.54, 1.807) is 0 Å². The quantitative estimate of drug-likeness (QED) is 0.835. The maximum Gasteiger partial charge on any atom is 0.243 e. The molecule has 7 heteroatoms. The summed E-state index contributed by atoms with van der Waals surface area (Å²) in [6.45, 7) is 2.69. The number of nitrogens with two attached hydrogens (primary N) is 1. The average molecular weight is 304 g/mol. The van der Waals surface area contributed by atoms with Gasteiger partial charge in [-0.3, -0.25) is 0 Å². The smallest absolute Gasteiger partial charge is 0.243 e. The van der Waals surface area contributed by atoms with Gasteiger partial charge in [0.1, 0.15) is 0 Å². The Balaban J connectivity index is 2.28. The Kier molecular flexibility index (Phi) is 4.35. The molecule has 1 saturated heterocycles. The zero-order chi connectivity index (χ0) is 14.0. The summed E-state index contributed by atoms with van der Waals surface area (Å²) in [5, 5.41) is 0.271. The van der Waals surface area contributed by atoms with E-state index >= 15 is 0 Å². The fraction of sp³-hybridized carbons (Fsp3) is 0.500. The number of likely N-dealkylation sites (N-methyl/N-ethyl adjacent to an activating group) is 1. The van der Waals surface area contributed by atoms with E-state index in [2.05, 4.69) is 4.90 Å². The van der Waals surface area contributed by atoms with Crippen molar-refractivity contribution in [2.75, 3.05) is 39.0 Å². The van der Waals surface area contributed by atoms with Gasteiger partial charge in [0, 0.05) is 19.6 Å². The van der Waals surface area contributed by atoms with E-state index in [-0.39, 0.29) is 9.92 Å². The minimum Gasteiger partial charge on any atom is -0.398 e. The van der Waals surface area contributed by atoms with Crippen molar-refractivity contribution in [3.63, 3.8) is 0 Å². The molecule has 1 aromatic rings. The van der Waals surface area contributed by atoms with Crippen LogP contribution in [0.5, 0.6) is 0 Å². The standard InChI is InChI=1S/C12H18ClN3O2S/c1-15-5-2-6-16(8-7-15)19(17,18)10-3-4-12(14)11(13)9-10/h3-4,9H,2,5-8,14H2,1H3. The molecule has 0 saturated carbocycles. The van der Waals surface area contributed by atoms with Crippen LogP contribution < -0.4 is 5.73 Å². The summed E-state index contributed by atoms with van der Waals surface area (Å²) in [6.07, 6.45) is 0.832. The van der Waals surface area contributed by atoms with Crippen LogP contribution in [0.1, 0.15) is 6.42 Å². The van der Waals surface area contributed by atoms with Crippen LogP contribution in [0.25, 0.3) is 0 Å². The summed E-state index contributed by atoms with van der Waals surface area (Å²) in [4.78, 5) is 2.34. The van der Waals surface area contributed by atoms with Crippen LogP contribution in [0.15, 0.2) is 23.1 Å². The molecule has 0 atom stereocenters. The predicted molar refractivity (Wildman–Crippen MR) is 76.7 cm³/mol. The van der Waals surface area contributed by atoms with Crippen molar-refractivity contribution in [3.05, 3.63) is 23.2 Å². The van der Waals surface area contributed by atoms with Crippen LogP contribution >= 0.6 is 11.6 Å². The Morgan fingerprint density at radius 1 is 1.21 bits per heavy atom. The molecule has 0 aromatic heterocycles. The first kappa shape index (κ1) is 14.6. The highest BCUT2D eigenvalue weighted by atomic mass is 35.5. The first-order valence-electron chi connectivity index (χ1n) is 6.15. The summed E-state index contributed by atoms with van der Waals surface area (Å²) >= 11 is 5.90. The number of nitrogen functional groups attached to an aromatic ring is 1. The van der Waals surface area contributed by atoms with Crippen LogP contribution in [0.4, 0.5) is 5.69 Å². The van der Waals surface area contributed by atoms with E-state index in [0.717, 1.165) is 19.5 Å². The molecule has 5 nitrogen and oxygen atoms in total. The van der Waals surface area contributed by atoms with Crippen molar-refractivity contribution < 1.29 is 8.42 Å². The number of halogens is 1. The van der Waals surface area contributed by atoms with Gasteiger partial charge < -0.3 is 10.6 Å². The Hall–Kier alpha value is -0.820. The van der Waals surface area contributed by atoms with E-state index in [1.165, 1.54) is 22.5 Å². The number of hydrogen-bond donors (Lipinski definition) is 1. The van der Waals surface area contributed by atoms with Crippen molar-refractivity contribution in [3.8, 4) is 0 Å².